The van der Waals surface area contributed by atoms with Crippen molar-refractivity contribution in [3.05, 3.63) is 40.2 Å². The molecule has 0 saturated heterocycles. The fourth-order valence-electron chi connectivity index (χ4n) is 2.09. The number of hydrogen-bond donors (Lipinski definition) is 1. The molecule has 3 nitrogen and oxygen atoms in total. The lowest BCUT2D eigenvalue weighted by atomic mass is 10.1. The topological polar surface area (TPSA) is 34.1 Å². The van der Waals surface area contributed by atoms with Crippen molar-refractivity contribution in [2.24, 2.45) is 0 Å². The minimum atomic E-state index is 0.0656. The van der Waals surface area contributed by atoms with Gasteiger partial charge in [0.05, 0.1) is 5.69 Å². The summed E-state index contributed by atoms with van der Waals surface area (Å²) in [6.07, 6.45) is 1.06. The van der Waals surface area contributed by atoms with Crippen LogP contribution in [0.1, 0.15) is 29.8 Å². The molecule has 2 rings (SSSR count). The second-order valence-electron chi connectivity index (χ2n) is 4.64. The van der Waals surface area contributed by atoms with Crippen molar-refractivity contribution < 1.29 is 4.74 Å². The summed E-state index contributed by atoms with van der Waals surface area (Å²) in [6.45, 7) is 5.76. The van der Waals surface area contributed by atoms with Gasteiger partial charge in [0, 0.05) is 17.0 Å². The molecule has 1 unspecified atom stereocenters. The zero-order chi connectivity index (χ0) is 14.4. The van der Waals surface area contributed by atoms with Crippen LogP contribution in [-0.4, -0.2) is 25.2 Å². The molecule has 1 aromatic carbocycles. The number of ether oxygens (including phenoxy) is 1. The predicted octanol–water partition coefficient (Wildman–Crippen LogP) is 3.67. The van der Waals surface area contributed by atoms with Crippen LogP contribution >= 0.6 is 11.3 Å². The molecule has 2 aromatic rings. The molecular formula is C16H22N2OS. The first kappa shape index (κ1) is 15.2. The Morgan fingerprint density at radius 2 is 2.05 bits per heavy atom. The number of thiazole rings is 1. The first-order valence-electron chi connectivity index (χ1n) is 7.07. The van der Waals surface area contributed by atoms with Gasteiger partial charge in [-0.05, 0) is 33.9 Å². The van der Waals surface area contributed by atoms with Crippen LogP contribution in [0.5, 0.6) is 0 Å². The molecule has 0 aliphatic heterocycles. The third kappa shape index (κ3) is 3.66. The van der Waals surface area contributed by atoms with Crippen molar-refractivity contribution in [3.63, 3.8) is 0 Å². The van der Waals surface area contributed by atoms with Crippen molar-refractivity contribution >= 4 is 11.3 Å². The quantitative estimate of drug-likeness (QED) is 0.845. The molecule has 108 valence electrons. The smallest absolute Gasteiger partial charge is 0.122 e. The summed E-state index contributed by atoms with van der Waals surface area (Å²) in [4.78, 5) is 6.14. The zero-order valence-corrected chi connectivity index (χ0v) is 13.2. The maximum absolute atomic E-state index is 5.67. The van der Waals surface area contributed by atoms with Gasteiger partial charge < -0.3 is 10.1 Å². The number of likely N-dealkylation sites (N-methyl/N-ethyl adjacent to an activating group) is 1. The van der Waals surface area contributed by atoms with Gasteiger partial charge >= 0.3 is 0 Å². The second kappa shape index (κ2) is 7.53. The van der Waals surface area contributed by atoms with Crippen LogP contribution in [0.4, 0.5) is 0 Å². The molecule has 0 bridgehead atoms. The van der Waals surface area contributed by atoms with E-state index in [4.69, 9.17) is 9.72 Å². The molecule has 0 fully saturated rings. The molecule has 1 atom stereocenters. The highest BCUT2D eigenvalue weighted by atomic mass is 32.1. The average Bonchev–Trinajstić information content (AvgIpc) is 2.90. The summed E-state index contributed by atoms with van der Waals surface area (Å²) in [5, 5.41) is 4.27. The molecule has 20 heavy (non-hydrogen) atoms. The van der Waals surface area contributed by atoms with E-state index in [0.717, 1.165) is 23.7 Å². The van der Waals surface area contributed by atoms with E-state index in [0.29, 0.717) is 6.61 Å². The maximum Gasteiger partial charge on any atom is 0.122 e. The Morgan fingerprint density at radius 1 is 1.30 bits per heavy atom. The summed E-state index contributed by atoms with van der Waals surface area (Å²) in [7, 11) is 1.98. The maximum atomic E-state index is 5.67. The van der Waals surface area contributed by atoms with Gasteiger partial charge in [0.15, 0.2) is 0 Å². The molecule has 1 N–H and O–H groups in total. The number of nitrogens with zero attached hydrogens (tertiary/aromatic N) is 1. The summed E-state index contributed by atoms with van der Waals surface area (Å²) in [6, 6.07) is 10.4. The Balaban J connectivity index is 2.32. The van der Waals surface area contributed by atoms with Gasteiger partial charge in [0.1, 0.15) is 11.1 Å². The lowest BCUT2D eigenvalue weighted by Gasteiger charge is -2.06. The molecule has 4 heteroatoms. The summed E-state index contributed by atoms with van der Waals surface area (Å²) < 4.78 is 5.67. The molecule has 1 heterocycles. The molecule has 0 amide bonds. The van der Waals surface area contributed by atoms with Gasteiger partial charge in [0.2, 0.25) is 0 Å². The number of aromatic nitrogens is 1. The van der Waals surface area contributed by atoms with Gasteiger partial charge in [-0.2, -0.15) is 0 Å². The van der Waals surface area contributed by atoms with Crippen LogP contribution < -0.4 is 5.32 Å². The summed E-state index contributed by atoms with van der Waals surface area (Å²) in [5.41, 5.74) is 2.29. The SMILES string of the molecule is CCOC(C)c1nc(-c2ccccc2)c(CCNC)s1. The van der Waals surface area contributed by atoms with E-state index >= 15 is 0 Å². The average molecular weight is 290 g/mol. The van der Waals surface area contributed by atoms with E-state index in [9.17, 15) is 0 Å². The van der Waals surface area contributed by atoms with Crippen LogP contribution in [0.2, 0.25) is 0 Å². The van der Waals surface area contributed by atoms with Crippen LogP contribution in [0, 0.1) is 0 Å². The standard InChI is InChI=1S/C16H22N2OS/c1-4-19-12(2)16-18-15(13-8-6-5-7-9-13)14(20-16)10-11-17-3/h5-9,12,17H,4,10-11H2,1-3H3. The van der Waals surface area contributed by atoms with Gasteiger partial charge in [-0.25, -0.2) is 4.98 Å². The van der Waals surface area contributed by atoms with Gasteiger partial charge in [-0.1, -0.05) is 30.3 Å². The Bertz CT molecular complexity index is 525. The van der Waals surface area contributed by atoms with Crippen LogP contribution in [0.15, 0.2) is 30.3 Å². The third-order valence-electron chi connectivity index (χ3n) is 3.13. The van der Waals surface area contributed by atoms with E-state index < -0.39 is 0 Å². The summed E-state index contributed by atoms with van der Waals surface area (Å²) in [5.74, 6) is 0. The Labute approximate surface area is 125 Å². The van der Waals surface area contributed by atoms with E-state index in [1.54, 1.807) is 11.3 Å². The second-order valence-corrected chi connectivity index (χ2v) is 5.76. The Morgan fingerprint density at radius 3 is 2.70 bits per heavy atom. The molecule has 0 saturated carbocycles. The number of hydrogen-bond acceptors (Lipinski definition) is 4. The van der Waals surface area contributed by atoms with Crippen molar-refractivity contribution in [2.45, 2.75) is 26.4 Å². The van der Waals surface area contributed by atoms with E-state index in [1.807, 2.05) is 20.0 Å². The van der Waals surface area contributed by atoms with Crippen LogP contribution in [0.25, 0.3) is 11.3 Å². The Kier molecular flexibility index (Phi) is 5.71. The van der Waals surface area contributed by atoms with Gasteiger partial charge in [-0.3, -0.25) is 0 Å². The van der Waals surface area contributed by atoms with Crippen molar-refractivity contribution in [1.29, 1.82) is 0 Å². The molecule has 0 aliphatic carbocycles. The molecular weight excluding hydrogens is 268 g/mol. The molecule has 1 aromatic heterocycles. The normalized spacial score (nSPS) is 12.6. The van der Waals surface area contributed by atoms with Crippen LogP contribution in [0.3, 0.4) is 0 Å². The van der Waals surface area contributed by atoms with Gasteiger partial charge in [0.25, 0.3) is 0 Å². The fourth-order valence-corrected chi connectivity index (χ4v) is 3.18. The highest BCUT2D eigenvalue weighted by Crippen LogP contribution is 2.32. The summed E-state index contributed by atoms with van der Waals surface area (Å²) >= 11 is 1.77. The molecule has 0 aliphatic rings. The fraction of sp³-hybridized carbons (Fsp3) is 0.438. The van der Waals surface area contributed by atoms with Crippen molar-refractivity contribution in [1.82, 2.24) is 10.3 Å². The molecule has 0 spiro atoms. The highest BCUT2D eigenvalue weighted by molar-refractivity contribution is 7.12. The monoisotopic (exact) mass is 290 g/mol. The van der Waals surface area contributed by atoms with Gasteiger partial charge in [-0.15, -0.1) is 11.3 Å². The first-order chi connectivity index (χ1) is 9.76. The van der Waals surface area contributed by atoms with E-state index in [-0.39, 0.29) is 6.10 Å². The zero-order valence-electron chi connectivity index (χ0n) is 12.3. The number of benzene rings is 1. The van der Waals surface area contributed by atoms with Crippen molar-refractivity contribution in [2.75, 3.05) is 20.2 Å². The van der Waals surface area contributed by atoms with E-state index in [2.05, 4.69) is 36.5 Å². The third-order valence-corrected chi connectivity index (χ3v) is 4.40. The lowest BCUT2D eigenvalue weighted by molar-refractivity contribution is 0.0762. The lowest BCUT2D eigenvalue weighted by Crippen LogP contribution is -2.09. The minimum absolute atomic E-state index is 0.0656. The first-order valence-corrected chi connectivity index (χ1v) is 7.89. The predicted molar refractivity (Wildman–Crippen MR) is 85.2 cm³/mol. The highest BCUT2D eigenvalue weighted by Gasteiger charge is 2.16. The Hall–Kier alpha value is -1.23. The number of rotatable bonds is 7. The van der Waals surface area contributed by atoms with Crippen molar-refractivity contribution in [3.8, 4) is 11.3 Å². The van der Waals surface area contributed by atoms with Crippen LogP contribution in [-0.2, 0) is 11.2 Å². The number of nitrogens with one attached hydrogen (secondary N) is 1. The molecule has 0 radical (unpaired) electrons. The van der Waals surface area contributed by atoms with E-state index in [1.165, 1.54) is 10.4 Å². The minimum Gasteiger partial charge on any atom is -0.372 e. The largest absolute Gasteiger partial charge is 0.372 e.